The van der Waals surface area contributed by atoms with Gasteiger partial charge in [-0.3, -0.25) is 0 Å². The first-order valence-electron chi connectivity index (χ1n) is 12.8. The smallest absolute Gasteiger partial charge is 0.186 e. The molecule has 3 aromatic rings. The minimum atomic E-state index is -0.669. The van der Waals surface area contributed by atoms with Crippen molar-refractivity contribution < 1.29 is 28.5 Å². The van der Waals surface area contributed by atoms with Crippen LogP contribution in [0.5, 0.6) is 0 Å². The molecule has 6 heteroatoms. The van der Waals surface area contributed by atoms with Gasteiger partial charge in [0, 0.05) is 13.5 Å². The second kappa shape index (κ2) is 14.2. The Labute approximate surface area is 219 Å². The van der Waals surface area contributed by atoms with E-state index in [-0.39, 0.29) is 5.78 Å². The standard InChI is InChI=1S/C31H36O6/c1-23(32)18-19-27-28(34-20-24-12-6-3-7-13-24)29(35-21-25-14-8-4-9-15-25)30(31(33-2)37-27)36-22-26-16-10-5-11-17-26/h3-17,27-31H,18-22H2,1-2H3/t27-,28-,29+,30-,31+/m1/s1. The molecule has 1 saturated heterocycles. The molecule has 5 atom stereocenters. The fraction of sp³-hybridized carbons (Fsp3) is 0.387. The Morgan fingerprint density at radius 1 is 0.676 bits per heavy atom. The molecule has 196 valence electrons. The lowest BCUT2D eigenvalue weighted by Crippen LogP contribution is -2.60. The largest absolute Gasteiger partial charge is 0.368 e. The molecular formula is C31H36O6. The molecule has 6 nitrogen and oxygen atoms in total. The lowest BCUT2D eigenvalue weighted by atomic mass is 9.94. The first-order valence-corrected chi connectivity index (χ1v) is 12.8. The summed E-state index contributed by atoms with van der Waals surface area (Å²) in [4.78, 5) is 11.9. The van der Waals surface area contributed by atoms with Crippen LogP contribution in [-0.2, 0) is 48.3 Å². The molecule has 0 radical (unpaired) electrons. The van der Waals surface area contributed by atoms with Crippen molar-refractivity contribution in [2.75, 3.05) is 7.11 Å². The van der Waals surface area contributed by atoms with E-state index in [1.54, 1.807) is 14.0 Å². The second-order valence-electron chi connectivity index (χ2n) is 9.30. The molecule has 4 rings (SSSR count). The van der Waals surface area contributed by atoms with E-state index in [0.29, 0.717) is 32.7 Å². The lowest BCUT2D eigenvalue weighted by Gasteiger charge is -2.45. The van der Waals surface area contributed by atoms with Crippen LogP contribution in [-0.4, -0.2) is 43.6 Å². The Morgan fingerprint density at radius 2 is 1.11 bits per heavy atom. The summed E-state index contributed by atoms with van der Waals surface area (Å²) < 4.78 is 31.6. The van der Waals surface area contributed by atoms with Gasteiger partial charge < -0.3 is 28.5 Å². The van der Waals surface area contributed by atoms with E-state index in [1.807, 2.05) is 91.0 Å². The second-order valence-corrected chi connectivity index (χ2v) is 9.30. The van der Waals surface area contributed by atoms with Crippen LogP contribution in [0.15, 0.2) is 91.0 Å². The maximum absolute atomic E-state index is 11.9. The predicted octanol–water partition coefficient (Wildman–Crippen LogP) is 5.48. The predicted molar refractivity (Wildman–Crippen MR) is 141 cm³/mol. The molecule has 0 aliphatic carbocycles. The number of hydrogen-bond donors (Lipinski definition) is 0. The highest BCUT2D eigenvalue weighted by Crippen LogP contribution is 2.32. The van der Waals surface area contributed by atoms with Crippen molar-refractivity contribution in [3.63, 3.8) is 0 Å². The normalized spacial score (nSPS) is 23.6. The van der Waals surface area contributed by atoms with Crippen molar-refractivity contribution in [1.82, 2.24) is 0 Å². The van der Waals surface area contributed by atoms with Crippen LogP contribution in [0.25, 0.3) is 0 Å². The number of carbonyl (C=O) groups is 1. The van der Waals surface area contributed by atoms with Gasteiger partial charge in [-0.25, -0.2) is 0 Å². The van der Waals surface area contributed by atoms with Crippen LogP contribution in [0, 0.1) is 0 Å². The molecule has 1 aliphatic rings. The zero-order valence-corrected chi connectivity index (χ0v) is 21.5. The van der Waals surface area contributed by atoms with Gasteiger partial charge in [-0.2, -0.15) is 0 Å². The number of carbonyl (C=O) groups excluding carboxylic acids is 1. The zero-order valence-electron chi connectivity index (χ0n) is 21.5. The summed E-state index contributed by atoms with van der Waals surface area (Å²) in [5, 5.41) is 0. The van der Waals surface area contributed by atoms with Crippen molar-refractivity contribution in [2.24, 2.45) is 0 Å². The molecule has 0 amide bonds. The highest BCUT2D eigenvalue weighted by Gasteiger charge is 2.48. The first kappa shape index (κ1) is 27.2. The molecule has 1 fully saturated rings. The summed E-state index contributed by atoms with van der Waals surface area (Å²) in [6.07, 6.45) is -1.66. The summed E-state index contributed by atoms with van der Waals surface area (Å²) in [6, 6.07) is 30.0. The molecule has 1 aliphatic heterocycles. The first-order chi connectivity index (χ1) is 18.1. The van der Waals surface area contributed by atoms with E-state index >= 15 is 0 Å². The molecule has 37 heavy (non-hydrogen) atoms. The highest BCUT2D eigenvalue weighted by atomic mass is 16.7. The maximum Gasteiger partial charge on any atom is 0.186 e. The third-order valence-electron chi connectivity index (χ3n) is 6.46. The Morgan fingerprint density at radius 3 is 1.54 bits per heavy atom. The fourth-order valence-electron chi connectivity index (χ4n) is 4.51. The van der Waals surface area contributed by atoms with E-state index in [4.69, 9.17) is 23.7 Å². The monoisotopic (exact) mass is 504 g/mol. The van der Waals surface area contributed by atoms with Gasteiger partial charge in [-0.1, -0.05) is 91.0 Å². The summed E-state index contributed by atoms with van der Waals surface area (Å²) in [5.41, 5.74) is 3.14. The van der Waals surface area contributed by atoms with E-state index in [1.165, 1.54) is 0 Å². The van der Waals surface area contributed by atoms with Crippen molar-refractivity contribution >= 4 is 5.78 Å². The maximum atomic E-state index is 11.9. The van der Waals surface area contributed by atoms with Crippen LogP contribution < -0.4 is 0 Å². The molecule has 0 aromatic heterocycles. The van der Waals surface area contributed by atoms with E-state index in [9.17, 15) is 4.79 Å². The van der Waals surface area contributed by atoms with Gasteiger partial charge >= 0.3 is 0 Å². The number of ketones is 1. The molecule has 0 unspecified atom stereocenters. The van der Waals surface area contributed by atoms with Gasteiger partial charge in [0.2, 0.25) is 0 Å². The number of methoxy groups -OCH3 is 1. The molecule has 0 spiro atoms. The molecule has 3 aromatic carbocycles. The molecule has 0 bridgehead atoms. The molecule has 1 heterocycles. The third kappa shape index (κ3) is 8.06. The summed E-state index contributed by atoms with van der Waals surface area (Å²) in [7, 11) is 1.60. The summed E-state index contributed by atoms with van der Waals surface area (Å²) in [6.45, 7) is 2.74. The number of Topliss-reactive ketones (excluding diaryl/α,β-unsaturated/α-hetero) is 1. The SMILES string of the molecule is CO[C@H]1O[C@H](CCC(C)=O)[C@@H](OCc2ccccc2)[C@H](OCc2ccccc2)[C@H]1OCc1ccccc1. The summed E-state index contributed by atoms with van der Waals surface area (Å²) in [5.74, 6) is 0.101. The van der Waals surface area contributed by atoms with Crippen molar-refractivity contribution in [2.45, 2.75) is 70.3 Å². The number of ether oxygens (including phenoxy) is 5. The van der Waals surface area contributed by atoms with E-state index in [0.717, 1.165) is 16.7 Å². The number of benzene rings is 3. The number of hydrogen-bond acceptors (Lipinski definition) is 6. The van der Waals surface area contributed by atoms with Gasteiger partial charge in [0.25, 0.3) is 0 Å². The minimum absolute atomic E-state index is 0.101. The lowest BCUT2D eigenvalue weighted by molar-refractivity contribution is -0.318. The van der Waals surface area contributed by atoms with Crippen LogP contribution in [0.3, 0.4) is 0 Å². The van der Waals surface area contributed by atoms with Gasteiger partial charge in [0.1, 0.15) is 24.1 Å². The Bertz CT molecular complexity index is 1060. The van der Waals surface area contributed by atoms with Crippen molar-refractivity contribution in [3.8, 4) is 0 Å². The van der Waals surface area contributed by atoms with Crippen LogP contribution in [0.2, 0.25) is 0 Å². The van der Waals surface area contributed by atoms with E-state index < -0.39 is 30.7 Å². The van der Waals surface area contributed by atoms with Gasteiger partial charge in [0.15, 0.2) is 6.29 Å². The topological polar surface area (TPSA) is 63.2 Å². The summed E-state index contributed by atoms with van der Waals surface area (Å²) >= 11 is 0. The van der Waals surface area contributed by atoms with Crippen molar-refractivity contribution in [3.05, 3.63) is 108 Å². The Kier molecular flexibility index (Phi) is 10.4. The highest BCUT2D eigenvalue weighted by molar-refractivity contribution is 5.75. The van der Waals surface area contributed by atoms with Gasteiger partial charge in [0.05, 0.1) is 25.9 Å². The zero-order chi connectivity index (χ0) is 25.9. The van der Waals surface area contributed by atoms with Gasteiger partial charge in [-0.15, -0.1) is 0 Å². The van der Waals surface area contributed by atoms with E-state index in [2.05, 4.69) is 0 Å². The van der Waals surface area contributed by atoms with Crippen LogP contribution in [0.4, 0.5) is 0 Å². The molecule has 0 saturated carbocycles. The Hall–Kier alpha value is -2.87. The average Bonchev–Trinajstić information content (AvgIpc) is 2.94. The fourth-order valence-corrected chi connectivity index (χ4v) is 4.51. The Balaban J connectivity index is 1.60. The van der Waals surface area contributed by atoms with Crippen LogP contribution >= 0.6 is 0 Å². The molecular weight excluding hydrogens is 468 g/mol. The van der Waals surface area contributed by atoms with Crippen molar-refractivity contribution in [1.29, 1.82) is 0 Å². The minimum Gasteiger partial charge on any atom is -0.368 e. The molecule has 0 N–H and O–H groups in total. The van der Waals surface area contributed by atoms with Crippen LogP contribution in [0.1, 0.15) is 36.5 Å². The number of rotatable bonds is 13. The quantitative estimate of drug-likeness (QED) is 0.307. The third-order valence-corrected chi connectivity index (χ3v) is 6.46. The average molecular weight is 505 g/mol. The van der Waals surface area contributed by atoms with Gasteiger partial charge in [-0.05, 0) is 30.0 Å².